The largest absolute Gasteiger partial charge is 0.382 e. The van der Waals surface area contributed by atoms with Gasteiger partial charge in [-0.1, -0.05) is 6.07 Å². The first-order chi connectivity index (χ1) is 18.1. The molecular weight excluding hydrogens is 516 g/mol. The molecule has 3 N–H and O–H groups in total. The van der Waals surface area contributed by atoms with Gasteiger partial charge in [0.2, 0.25) is 11.8 Å². The summed E-state index contributed by atoms with van der Waals surface area (Å²) in [4.78, 5) is 38.1. The molecule has 1 aromatic carbocycles. The van der Waals surface area contributed by atoms with E-state index in [1.54, 1.807) is 11.0 Å². The third kappa shape index (κ3) is 8.62. The zero-order chi connectivity index (χ0) is 25.9. The summed E-state index contributed by atoms with van der Waals surface area (Å²) >= 11 is 0. The number of ether oxygens (including phenoxy) is 4. The molecule has 212 valence electrons. The van der Waals surface area contributed by atoms with Crippen LogP contribution >= 0.6 is 12.4 Å². The summed E-state index contributed by atoms with van der Waals surface area (Å²) in [5.74, 6) is -0.879. The van der Waals surface area contributed by atoms with Crippen LogP contribution in [0.4, 0.5) is 5.69 Å². The van der Waals surface area contributed by atoms with E-state index in [1.807, 2.05) is 12.1 Å². The standard InChI is InChI=1S/C26H38N4O7.ClH/c31-24-5-4-23(25(32)29-24)30-18-21-20(26(30)33)2-1-3-22(21)28-10-11-34-12-13-35-14-15-36-16-17-37-19-6-8-27-9-7-19;/h1-3,19,23,27-28H,4-18H2,(H,29,31,32);1H. The summed E-state index contributed by atoms with van der Waals surface area (Å²) < 4.78 is 22.5. The van der Waals surface area contributed by atoms with E-state index in [9.17, 15) is 14.4 Å². The van der Waals surface area contributed by atoms with Crippen molar-refractivity contribution >= 4 is 35.8 Å². The van der Waals surface area contributed by atoms with E-state index in [2.05, 4.69) is 16.0 Å². The van der Waals surface area contributed by atoms with Crippen LogP contribution < -0.4 is 16.0 Å². The number of carbonyl (C=O) groups is 3. The molecule has 0 aliphatic carbocycles. The Hall–Kier alpha value is -2.28. The Morgan fingerprint density at radius 1 is 0.895 bits per heavy atom. The van der Waals surface area contributed by atoms with Gasteiger partial charge >= 0.3 is 0 Å². The van der Waals surface area contributed by atoms with Crippen LogP contribution in [0.3, 0.4) is 0 Å². The molecule has 1 atom stereocenters. The van der Waals surface area contributed by atoms with Crippen LogP contribution in [-0.2, 0) is 35.1 Å². The number of carbonyl (C=O) groups excluding carboxylic acids is 3. The maximum absolute atomic E-state index is 12.9. The van der Waals surface area contributed by atoms with Gasteiger partial charge in [0.15, 0.2) is 0 Å². The maximum Gasteiger partial charge on any atom is 0.255 e. The number of hydrogen-bond donors (Lipinski definition) is 3. The summed E-state index contributed by atoms with van der Waals surface area (Å²) in [6.45, 7) is 6.67. The normalized spacial score (nSPS) is 19.7. The molecule has 11 nitrogen and oxygen atoms in total. The van der Waals surface area contributed by atoms with Crippen molar-refractivity contribution in [2.75, 3.05) is 71.2 Å². The van der Waals surface area contributed by atoms with Crippen molar-refractivity contribution in [2.45, 2.75) is 44.4 Å². The van der Waals surface area contributed by atoms with Crippen molar-refractivity contribution in [1.29, 1.82) is 0 Å². The van der Waals surface area contributed by atoms with Gasteiger partial charge in [-0.2, -0.15) is 0 Å². The van der Waals surface area contributed by atoms with Gasteiger partial charge in [-0.15, -0.1) is 12.4 Å². The van der Waals surface area contributed by atoms with Gasteiger partial charge in [0, 0.05) is 36.3 Å². The van der Waals surface area contributed by atoms with Crippen LogP contribution in [-0.4, -0.2) is 101 Å². The Kier molecular flexibility index (Phi) is 12.7. The van der Waals surface area contributed by atoms with Crippen LogP contribution in [0.5, 0.6) is 0 Å². The Morgan fingerprint density at radius 3 is 2.29 bits per heavy atom. The smallest absolute Gasteiger partial charge is 0.255 e. The molecule has 0 radical (unpaired) electrons. The fraction of sp³-hybridized carbons (Fsp3) is 0.654. The first-order valence-electron chi connectivity index (χ1n) is 13.2. The molecule has 2 fully saturated rings. The van der Waals surface area contributed by atoms with Crippen molar-refractivity contribution in [3.63, 3.8) is 0 Å². The third-order valence-electron chi connectivity index (χ3n) is 6.76. The third-order valence-corrected chi connectivity index (χ3v) is 6.76. The Morgan fingerprint density at radius 2 is 1.58 bits per heavy atom. The van der Waals surface area contributed by atoms with Gasteiger partial charge in [-0.3, -0.25) is 19.7 Å². The number of imide groups is 1. The van der Waals surface area contributed by atoms with E-state index in [-0.39, 0.29) is 30.6 Å². The van der Waals surface area contributed by atoms with Gasteiger partial charge in [0.25, 0.3) is 5.91 Å². The van der Waals surface area contributed by atoms with Crippen LogP contribution in [0.1, 0.15) is 41.6 Å². The minimum atomic E-state index is -0.619. The van der Waals surface area contributed by atoms with E-state index in [0.29, 0.717) is 77.4 Å². The molecule has 0 bridgehead atoms. The average Bonchev–Trinajstić information content (AvgIpc) is 3.24. The summed E-state index contributed by atoms with van der Waals surface area (Å²) in [5.41, 5.74) is 2.30. The number of piperidine rings is 2. The fourth-order valence-corrected chi connectivity index (χ4v) is 4.79. The lowest BCUT2D eigenvalue weighted by Gasteiger charge is -2.29. The molecule has 3 aliphatic heterocycles. The molecule has 3 aliphatic rings. The minimum absolute atomic E-state index is 0. The highest BCUT2D eigenvalue weighted by Gasteiger charge is 2.39. The zero-order valence-electron chi connectivity index (χ0n) is 21.7. The first kappa shape index (κ1) is 30.3. The molecule has 1 unspecified atom stereocenters. The van der Waals surface area contributed by atoms with E-state index in [0.717, 1.165) is 37.2 Å². The lowest BCUT2D eigenvalue weighted by molar-refractivity contribution is -0.136. The Bertz CT molecular complexity index is 929. The average molecular weight is 555 g/mol. The molecule has 0 spiro atoms. The molecule has 38 heavy (non-hydrogen) atoms. The SMILES string of the molecule is Cl.O=C1CCC(N2Cc3c(NCCOCCOCCOCCOC4CCNCC4)cccc3C2=O)C(=O)N1. The van der Waals surface area contributed by atoms with E-state index in [4.69, 9.17) is 18.9 Å². The molecule has 4 rings (SSSR count). The van der Waals surface area contributed by atoms with Crippen LogP contribution in [0, 0.1) is 0 Å². The number of rotatable bonds is 15. The van der Waals surface area contributed by atoms with Crippen LogP contribution in [0.25, 0.3) is 0 Å². The summed E-state index contributed by atoms with van der Waals surface area (Å²) in [6, 6.07) is 4.89. The maximum atomic E-state index is 12.9. The van der Waals surface area contributed by atoms with E-state index in [1.165, 1.54) is 0 Å². The molecule has 12 heteroatoms. The van der Waals surface area contributed by atoms with Gasteiger partial charge in [-0.25, -0.2) is 0 Å². The van der Waals surface area contributed by atoms with Crippen molar-refractivity contribution in [3.8, 4) is 0 Å². The molecule has 0 aromatic heterocycles. The molecular formula is C26H39ClN4O7. The fourth-order valence-electron chi connectivity index (χ4n) is 4.79. The highest BCUT2D eigenvalue weighted by atomic mass is 35.5. The summed E-state index contributed by atoms with van der Waals surface area (Å²) in [6.07, 6.45) is 3.07. The topological polar surface area (TPSA) is 127 Å². The van der Waals surface area contributed by atoms with Gasteiger partial charge < -0.3 is 34.5 Å². The predicted octanol–water partition coefficient (Wildman–Crippen LogP) is 1.10. The van der Waals surface area contributed by atoms with Gasteiger partial charge in [0.1, 0.15) is 6.04 Å². The number of halogens is 1. The van der Waals surface area contributed by atoms with Gasteiger partial charge in [-0.05, 0) is 44.5 Å². The minimum Gasteiger partial charge on any atom is -0.382 e. The van der Waals surface area contributed by atoms with E-state index < -0.39 is 11.9 Å². The molecule has 3 amide bonds. The second-order valence-corrected chi connectivity index (χ2v) is 9.32. The van der Waals surface area contributed by atoms with E-state index >= 15 is 0 Å². The molecule has 0 saturated carbocycles. The van der Waals surface area contributed by atoms with Gasteiger partial charge in [0.05, 0.1) is 52.4 Å². The highest BCUT2D eigenvalue weighted by molar-refractivity contribution is 6.06. The molecule has 1 aromatic rings. The molecule has 2 saturated heterocycles. The number of fused-ring (bicyclic) bond motifs is 1. The summed E-state index contributed by atoms with van der Waals surface area (Å²) in [5, 5.41) is 8.98. The second kappa shape index (κ2) is 16.0. The Labute approximate surface area is 229 Å². The quantitative estimate of drug-likeness (QED) is 0.216. The number of benzene rings is 1. The number of amides is 3. The molecule has 3 heterocycles. The lowest BCUT2D eigenvalue weighted by Crippen LogP contribution is -2.52. The van der Waals surface area contributed by atoms with Crippen molar-refractivity contribution in [2.24, 2.45) is 0 Å². The highest BCUT2D eigenvalue weighted by Crippen LogP contribution is 2.32. The van der Waals surface area contributed by atoms with Crippen molar-refractivity contribution in [3.05, 3.63) is 29.3 Å². The van der Waals surface area contributed by atoms with Crippen LogP contribution in [0.2, 0.25) is 0 Å². The lowest BCUT2D eigenvalue weighted by atomic mass is 10.0. The van der Waals surface area contributed by atoms with Crippen LogP contribution in [0.15, 0.2) is 18.2 Å². The first-order valence-corrected chi connectivity index (χ1v) is 13.2. The number of anilines is 1. The van der Waals surface area contributed by atoms with Crippen molar-refractivity contribution in [1.82, 2.24) is 15.5 Å². The number of nitrogens with zero attached hydrogens (tertiary/aromatic N) is 1. The second-order valence-electron chi connectivity index (χ2n) is 9.32. The monoisotopic (exact) mass is 554 g/mol. The zero-order valence-corrected chi connectivity index (χ0v) is 22.5. The Balaban J connectivity index is 0.00000400. The number of hydrogen-bond acceptors (Lipinski definition) is 9. The van der Waals surface area contributed by atoms with Crippen molar-refractivity contribution < 1.29 is 33.3 Å². The summed E-state index contributed by atoms with van der Waals surface area (Å²) in [7, 11) is 0. The predicted molar refractivity (Wildman–Crippen MR) is 143 cm³/mol. The number of nitrogens with one attached hydrogen (secondary N) is 3.